The Morgan fingerprint density at radius 1 is 1.00 bits per heavy atom. The number of hydrogen-bond acceptors (Lipinski definition) is 3. The highest BCUT2D eigenvalue weighted by Crippen LogP contribution is 2.21. The van der Waals surface area contributed by atoms with Crippen molar-refractivity contribution in [1.29, 1.82) is 0 Å². The highest BCUT2D eigenvalue weighted by atomic mass is 16.5. The summed E-state index contributed by atoms with van der Waals surface area (Å²) < 4.78 is 5.72. The molecule has 0 bridgehead atoms. The van der Waals surface area contributed by atoms with Gasteiger partial charge in [-0.3, -0.25) is 4.79 Å². The first-order valence-corrected chi connectivity index (χ1v) is 8.49. The number of benzene rings is 1. The van der Waals surface area contributed by atoms with Gasteiger partial charge in [-0.15, -0.1) is 0 Å². The summed E-state index contributed by atoms with van der Waals surface area (Å²) in [4.78, 5) is 15.8. The van der Waals surface area contributed by atoms with Gasteiger partial charge in [-0.2, -0.15) is 0 Å². The van der Waals surface area contributed by atoms with E-state index in [9.17, 15) is 4.79 Å². The maximum absolute atomic E-state index is 11.6. The molecule has 0 atom stereocenters. The van der Waals surface area contributed by atoms with Crippen LogP contribution in [-0.2, 0) is 6.42 Å². The second-order valence-electron chi connectivity index (χ2n) is 5.72. The number of ketones is 1. The zero-order valence-corrected chi connectivity index (χ0v) is 14.0. The Hall–Kier alpha value is -2.16. The molecule has 3 nitrogen and oxygen atoms in total. The number of carbonyl (C=O) groups excluding carboxylic acids is 1. The Morgan fingerprint density at radius 2 is 1.78 bits per heavy atom. The van der Waals surface area contributed by atoms with Gasteiger partial charge in [0.25, 0.3) is 0 Å². The van der Waals surface area contributed by atoms with Crippen LogP contribution < -0.4 is 4.74 Å². The summed E-state index contributed by atoms with van der Waals surface area (Å²) in [6, 6.07) is 11.7. The topological polar surface area (TPSA) is 39.2 Å². The van der Waals surface area contributed by atoms with E-state index in [4.69, 9.17) is 4.74 Å². The third kappa shape index (κ3) is 5.51. The average molecular weight is 311 g/mol. The molecule has 0 aliphatic rings. The number of aryl methyl sites for hydroxylation is 1. The van der Waals surface area contributed by atoms with Crippen molar-refractivity contribution in [1.82, 2.24) is 4.98 Å². The number of unbranched alkanes of at least 4 members (excludes halogenated alkanes) is 3. The summed E-state index contributed by atoms with van der Waals surface area (Å²) in [5.74, 6) is 1.37. The smallest absolute Gasteiger partial charge is 0.219 e. The zero-order chi connectivity index (χ0) is 16.5. The lowest BCUT2D eigenvalue weighted by Gasteiger charge is -2.07. The van der Waals surface area contributed by atoms with E-state index in [1.165, 1.54) is 31.2 Å². The molecule has 0 spiro atoms. The number of ether oxygens (including phenoxy) is 1. The minimum Gasteiger partial charge on any atom is -0.439 e. The van der Waals surface area contributed by atoms with Gasteiger partial charge in [0.05, 0.1) is 0 Å². The van der Waals surface area contributed by atoms with E-state index in [0.29, 0.717) is 17.9 Å². The van der Waals surface area contributed by atoms with E-state index < -0.39 is 0 Å². The Bertz CT molecular complexity index is 603. The van der Waals surface area contributed by atoms with Crippen LogP contribution in [-0.4, -0.2) is 10.8 Å². The van der Waals surface area contributed by atoms with Crippen LogP contribution in [0.5, 0.6) is 11.6 Å². The fraction of sp³-hybridized carbons (Fsp3) is 0.400. The van der Waals surface area contributed by atoms with Crippen LogP contribution in [0.1, 0.15) is 61.9 Å². The second kappa shape index (κ2) is 9.09. The quantitative estimate of drug-likeness (QED) is 0.447. The van der Waals surface area contributed by atoms with Crippen LogP contribution in [0.15, 0.2) is 42.6 Å². The van der Waals surface area contributed by atoms with E-state index in [1.54, 1.807) is 18.3 Å². The number of rotatable bonds is 9. The van der Waals surface area contributed by atoms with Gasteiger partial charge >= 0.3 is 0 Å². The van der Waals surface area contributed by atoms with Gasteiger partial charge < -0.3 is 4.74 Å². The summed E-state index contributed by atoms with van der Waals surface area (Å²) in [6.07, 6.45) is 8.28. The molecule has 0 radical (unpaired) electrons. The lowest BCUT2D eigenvalue weighted by molar-refractivity contribution is 0.0988. The standard InChI is InChI=1S/C20H25NO2/c1-3-5-6-7-8-16-9-12-18(13-10-16)23-20-14-11-17(15-21-20)19(22)4-2/h9-15H,3-8H2,1-2H3. The van der Waals surface area contributed by atoms with Crippen LogP contribution in [0.25, 0.3) is 0 Å². The summed E-state index contributed by atoms with van der Waals surface area (Å²) >= 11 is 0. The van der Waals surface area contributed by atoms with Gasteiger partial charge in [-0.25, -0.2) is 4.98 Å². The van der Waals surface area contributed by atoms with Crippen molar-refractivity contribution in [3.63, 3.8) is 0 Å². The van der Waals surface area contributed by atoms with Crippen molar-refractivity contribution in [2.45, 2.75) is 52.4 Å². The molecule has 122 valence electrons. The molecule has 1 aromatic carbocycles. The van der Waals surface area contributed by atoms with Gasteiger partial charge in [0.15, 0.2) is 5.78 Å². The summed E-state index contributed by atoms with van der Waals surface area (Å²) in [5.41, 5.74) is 1.97. The third-order valence-electron chi connectivity index (χ3n) is 3.84. The molecule has 3 heteroatoms. The molecule has 2 rings (SSSR count). The molecule has 0 aliphatic carbocycles. The monoisotopic (exact) mass is 311 g/mol. The molecule has 0 aliphatic heterocycles. The van der Waals surface area contributed by atoms with Gasteiger partial charge in [-0.05, 0) is 36.6 Å². The molecular weight excluding hydrogens is 286 g/mol. The SMILES string of the molecule is CCCCCCc1ccc(Oc2ccc(C(=O)CC)cn2)cc1. The summed E-state index contributed by atoms with van der Waals surface area (Å²) in [6.45, 7) is 4.07. The van der Waals surface area contributed by atoms with E-state index in [1.807, 2.05) is 19.1 Å². The van der Waals surface area contributed by atoms with E-state index >= 15 is 0 Å². The zero-order valence-electron chi connectivity index (χ0n) is 14.0. The molecule has 23 heavy (non-hydrogen) atoms. The van der Waals surface area contributed by atoms with Gasteiger partial charge in [0.2, 0.25) is 5.88 Å². The first-order valence-electron chi connectivity index (χ1n) is 8.49. The highest BCUT2D eigenvalue weighted by Gasteiger charge is 2.05. The van der Waals surface area contributed by atoms with Crippen molar-refractivity contribution in [3.8, 4) is 11.6 Å². The molecule has 1 aromatic heterocycles. The van der Waals surface area contributed by atoms with Crippen molar-refractivity contribution in [2.24, 2.45) is 0 Å². The van der Waals surface area contributed by atoms with Crippen molar-refractivity contribution < 1.29 is 9.53 Å². The summed E-state index contributed by atoms with van der Waals surface area (Å²) in [7, 11) is 0. The first kappa shape index (κ1) is 17.2. The first-order chi connectivity index (χ1) is 11.2. The lowest BCUT2D eigenvalue weighted by Crippen LogP contribution is -1.97. The maximum atomic E-state index is 11.6. The Morgan fingerprint density at radius 3 is 2.39 bits per heavy atom. The number of hydrogen-bond donors (Lipinski definition) is 0. The molecule has 0 N–H and O–H groups in total. The van der Waals surface area contributed by atoms with Gasteiger partial charge in [0.1, 0.15) is 5.75 Å². The van der Waals surface area contributed by atoms with Crippen LogP contribution >= 0.6 is 0 Å². The molecule has 2 aromatic rings. The molecule has 0 saturated heterocycles. The molecule has 0 unspecified atom stereocenters. The molecule has 1 heterocycles. The summed E-state index contributed by atoms with van der Waals surface area (Å²) in [5, 5.41) is 0. The fourth-order valence-electron chi connectivity index (χ4n) is 2.41. The minimum absolute atomic E-state index is 0.0940. The molecule has 0 amide bonds. The number of nitrogens with zero attached hydrogens (tertiary/aromatic N) is 1. The highest BCUT2D eigenvalue weighted by molar-refractivity contribution is 5.95. The van der Waals surface area contributed by atoms with Gasteiger partial charge in [0, 0.05) is 24.2 Å². The predicted molar refractivity (Wildman–Crippen MR) is 93.2 cm³/mol. The Balaban J connectivity index is 1.89. The third-order valence-corrected chi connectivity index (χ3v) is 3.84. The maximum Gasteiger partial charge on any atom is 0.219 e. The number of pyridine rings is 1. The van der Waals surface area contributed by atoms with Crippen LogP contribution in [0.3, 0.4) is 0 Å². The number of Topliss-reactive ketones (excluding diaryl/α,β-unsaturated/α-hetero) is 1. The normalized spacial score (nSPS) is 10.5. The van der Waals surface area contributed by atoms with E-state index in [0.717, 1.165) is 12.2 Å². The molecule has 0 fully saturated rings. The van der Waals surface area contributed by atoms with Crippen LogP contribution in [0, 0.1) is 0 Å². The van der Waals surface area contributed by atoms with Crippen LogP contribution in [0.4, 0.5) is 0 Å². The minimum atomic E-state index is 0.0940. The molecule has 0 saturated carbocycles. The van der Waals surface area contributed by atoms with E-state index in [2.05, 4.69) is 24.0 Å². The number of aromatic nitrogens is 1. The van der Waals surface area contributed by atoms with Crippen molar-refractivity contribution >= 4 is 5.78 Å². The van der Waals surface area contributed by atoms with Gasteiger partial charge in [-0.1, -0.05) is 45.2 Å². The van der Waals surface area contributed by atoms with Crippen molar-refractivity contribution in [2.75, 3.05) is 0 Å². The predicted octanol–water partition coefficient (Wildman–Crippen LogP) is 5.59. The Kier molecular flexibility index (Phi) is 6.79. The van der Waals surface area contributed by atoms with Crippen molar-refractivity contribution in [3.05, 3.63) is 53.7 Å². The average Bonchev–Trinajstić information content (AvgIpc) is 2.60. The Labute approximate surface area is 138 Å². The molecular formula is C20H25NO2. The van der Waals surface area contributed by atoms with Crippen LogP contribution in [0.2, 0.25) is 0 Å². The number of carbonyl (C=O) groups is 1. The largest absolute Gasteiger partial charge is 0.439 e. The fourth-order valence-corrected chi connectivity index (χ4v) is 2.41. The van der Waals surface area contributed by atoms with E-state index in [-0.39, 0.29) is 5.78 Å². The lowest BCUT2D eigenvalue weighted by atomic mass is 10.1. The second-order valence-corrected chi connectivity index (χ2v) is 5.72.